The average Bonchev–Trinajstić information content (AvgIpc) is 2.58. The van der Waals surface area contributed by atoms with Crippen molar-refractivity contribution in [3.8, 4) is 0 Å². The summed E-state index contributed by atoms with van der Waals surface area (Å²) in [5.41, 5.74) is 6.15. The molecule has 0 aliphatic carbocycles. The van der Waals surface area contributed by atoms with Gasteiger partial charge in [-0.25, -0.2) is 4.39 Å². The standard InChI is InChI=1S/C11H13FN2O2S/c12-8-3-6(1-2-7(8)11(13)17)14-4-9(15)10(16)5-14/h1-3,9-10,15-16H,4-5H2,(H2,13,17). The molecule has 1 aliphatic rings. The summed E-state index contributed by atoms with van der Waals surface area (Å²) in [7, 11) is 0. The Balaban J connectivity index is 2.24. The van der Waals surface area contributed by atoms with Crippen molar-refractivity contribution in [2.24, 2.45) is 5.73 Å². The van der Waals surface area contributed by atoms with Crippen molar-refractivity contribution in [3.05, 3.63) is 29.6 Å². The van der Waals surface area contributed by atoms with Gasteiger partial charge in [0.15, 0.2) is 0 Å². The molecule has 0 saturated carbocycles. The topological polar surface area (TPSA) is 69.7 Å². The highest BCUT2D eigenvalue weighted by atomic mass is 32.1. The van der Waals surface area contributed by atoms with Crippen LogP contribution in [0.25, 0.3) is 0 Å². The molecule has 17 heavy (non-hydrogen) atoms. The van der Waals surface area contributed by atoms with E-state index in [4.69, 9.17) is 18.0 Å². The first-order valence-corrected chi connectivity index (χ1v) is 5.60. The van der Waals surface area contributed by atoms with Crippen molar-refractivity contribution in [2.45, 2.75) is 12.2 Å². The average molecular weight is 256 g/mol. The van der Waals surface area contributed by atoms with Crippen LogP contribution in [0.1, 0.15) is 5.56 Å². The van der Waals surface area contributed by atoms with Crippen molar-refractivity contribution >= 4 is 22.9 Å². The summed E-state index contributed by atoms with van der Waals surface area (Å²) in [5.74, 6) is -0.495. The van der Waals surface area contributed by atoms with E-state index in [-0.39, 0.29) is 23.6 Å². The van der Waals surface area contributed by atoms with Gasteiger partial charge in [-0.2, -0.15) is 0 Å². The largest absolute Gasteiger partial charge is 0.389 e. The van der Waals surface area contributed by atoms with Crippen LogP contribution in [0.5, 0.6) is 0 Å². The number of hydrogen-bond acceptors (Lipinski definition) is 4. The Kier molecular flexibility index (Phi) is 3.28. The third-order valence-electron chi connectivity index (χ3n) is 2.84. The van der Waals surface area contributed by atoms with Crippen LogP contribution in [-0.2, 0) is 0 Å². The Labute approximate surface area is 103 Å². The molecule has 2 rings (SSSR count). The third-order valence-corrected chi connectivity index (χ3v) is 3.06. The molecule has 0 aromatic heterocycles. The van der Waals surface area contributed by atoms with Gasteiger partial charge in [-0.15, -0.1) is 0 Å². The van der Waals surface area contributed by atoms with E-state index < -0.39 is 18.0 Å². The van der Waals surface area contributed by atoms with E-state index in [2.05, 4.69) is 0 Å². The lowest BCUT2D eigenvalue weighted by Crippen LogP contribution is -2.22. The van der Waals surface area contributed by atoms with Gasteiger partial charge in [-0.05, 0) is 18.2 Å². The molecular weight excluding hydrogens is 243 g/mol. The van der Waals surface area contributed by atoms with Crippen molar-refractivity contribution in [2.75, 3.05) is 18.0 Å². The van der Waals surface area contributed by atoms with Gasteiger partial charge in [0, 0.05) is 24.3 Å². The van der Waals surface area contributed by atoms with Crippen LogP contribution in [0.15, 0.2) is 18.2 Å². The molecule has 1 aromatic rings. The second kappa shape index (κ2) is 4.56. The van der Waals surface area contributed by atoms with Gasteiger partial charge in [0.05, 0.1) is 12.2 Å². The van der Waals surface area contributed by atoms with Gasteiger partial charge in [0.1, 0.15) is 10.8 Å². The van der Waals surface area contributed by atoms with E-state index in [0.717, 1.165) is 0 Å². The Morgan fingerprint density at radius 3 is 2.41 bits per heavy atom. The van der Waals surface area contributed by atoms with Gasteiger partial charge >= 0.3 is 0 Å². The number of nitrogens with zero attached hydrogens (tertiary/aromatic N) is 1. The number of hydrogen-bond donors (Lipinski definition) is 3. The van der Waals surface area contributed by atoms with Crippen LogP contribution in [0.3, 0.4) is 0 Å². The second-order valence-electron chi connectivity index (χ2n) is 4.07. The van der Waals surface area contributed by atoms with Crippen LogP contribution in [-0.4, -0.2) is 40.5 Å². The Morgan fingerprint density at radius 2 is 1.94 bits per heavy atom. The van der Waals surface area contributed by atoms with E-state index >= 15 is 0 Å². The molecule has 0 amide bonds. The molecule has 1 saturated heterocycles. The third kappa shape index (κ3) is 2.38. The number of thiocarbonyl (C=S) groups is 1. The van der Waals surface area contributed by atoms with Crippen LogP contribution in [0, 0.1) is 5.82 Å². The highest BCUT2D eigenvalue weighted by Gasteiger charge is 2.29. The van der Waals surface area contributed by atoms with Gasteiger partial charge in [0.2, 0.25) is 0 Å². The van der Waals surface area contributed by atoms with Crippen LogP contribution >= 0.6 is 12.2 Å². The van der Waals surface area contributed by atoms with Crippen molar-refractivity contribution in [1.82, 2.24) is 0 Å². The van der Waals surface area contributed by atoms with Crippen LogP contribution < -0.4 is 10.6 Å². The maximum absolute atomic E-state index is 13.6. The van der Waals surface area contributed by atoms with Gasteiger partial charge in [-0.3, -0.25) is 0 Å². The van der Waals surface area contributed by atoms with E-state index in [1.807, 2.05) is 0 Å². The monoisotopic (exact) mass is 256 g/mol. The number of nitrogens with two attached hydrogens (primary N) is 1. The molecule has 92 valence electrons. The molecule has 2 atom stereocenters. The summed E-state index contributed by atoms with van der Waals surface area (Å²) in [4.78, 5) is 1.72. The smallest absolute Gasteiger partial charge is 0.135 e. The highest BCUT2D eigenvalue weighted by Crippen LogP contribution is 2.23. The second-order valence-corrected chi connectivity index (χ2v) is 4.51. The van der Waals surface area contributed by atoms with E-state index in [0.29, 0.717) is 5.69 Å². The summed E-state index contributed by atoms with van der Waals surface area (Å²) >= 11 is 4.71. The summed E-state index contributed by atoms with van der Waals surface area (Å²) in [6, 6.07) is 4.48. The van der Waals surface area contributed by atoms with Gasteiger partial charge in [-0.1, -0.05) is 12.2 Å². The van der Waals surface area contributed by atoms with Crippen molar-refractivity contribution in [3.63, 3.8) is 0 Å². The number of benzene rings is 1. The lowest BCUT2D eigenvalue weighted by molar-refractivity contribution is 0.0572. The molecule has 0 bridgehead atoms. The number of aliphatic hydroxyl groups is 2. The molecular formula is C11H13FN2O2S. The minimum atomic E-state index is -0.798. The van der Waals surface area contributed by atoms with Crippen LogP contribution in [0.4, 0.5) is 10.1 Å². The SMILES string of the molecule is NC(=S)c1ccc(N2CC(O)C(O)C2)cc1F. The fourth-order valence-corrected chi connectivity index (χ4v) is 2.05. The lowest BCUT2D eigenvalue weighted by atomic mass is 10.2. The number of anilines is 1. The van der Waals surface area contributed by atoms with E-state index in [1.165, 1.54) is 12.1 Å². The zero-order valence-electron chi connectivity index (χ0n) is 9.01. The maximum atomic E-state index is 13.6. The first kappa shape index (κ1) is 12.2. The Morgan fingerprint density at radius 1 is 1.35 bits per heavy atom. The summed E-state index contributed by atoms with van der Waals surface area (Å²) in [6.07, 6.45) is -1.60. The first-order valence-electron chi connectivity index (χ1n) is 5.19. The molecule has 1 aliphatic heterocycles. The first-order chi connectivity index (χ1) is 7.99. The molecule has 0 spiro atoms. The Hall–Kier alpha value is -1.24. The molecule has 0 radical (unpaired) electrons. The fraction of sp³-hybridized carbons (Fsp3) is 0.364. The molecule has 1 fully saturated rings. The Bertz CT molecular complexity index is 445. The summed E-state index contributed by atoms with van der Waals surface area (Å²) in [6.45, 7) is 0.569. The minimum Gasteiger partial charge on any atom is -0.389 e. The predicted octanol–water partition coefficient (Wildman–Crippen LogP) is 0.00170. The quantitative estimate of drug-likeness (QED) is 0.650. The zero-order chi connectivity index (χ0) is 12.6. The number of β-amino-alcohol motifs (C(OH)–C–C–N with tert-alkyl or cyclic N) is 2. The maximum Gasteiger partial charge on any atom is 0.135 e. The summed E-state index contributed by atoms with van der Waals surface area (Å²) < 4.78 is 13.6. The predicted molar refractivity (Wildman–Crippen MR) is 66.5 cm³/mol. The molecule has 2 unspecified atom stereocenters. The molecule has 1 aromatic carbocycles. The van der Waals surface area contributed by atoms with Gasteiger partial charge in [0.25, 0.3) is 0 Å². The van der Waals surface area contributed by atoms with Crippen molar-refractivity contribution < 1.29 is 14.6 Å². The number of halogens is 1. The number of rotatable bonds is 2. The fourth-order valence-electron chi connectivity index (χ4n) is 1.88. The zero-order valence-corrected chi connectivity index (χ0v) is 9.82. The number of aliphatic hydroxyl groups excluding tert-OH is 2. The molecule has 1 heterocycles. The molecule has 6 heteroatoms. The van der Waals surface area contributed by atoms with Crippen LogP contribution in [0.2, 0.25) is 0 Å². The lowest BCUT2D eigenvalue weighted by Gasteiger charge is -2.18. The highest BCUT2D eigenvalue weighted by molar-refractivity contribution is 7.80. The normalized spacial score (nSPS) is 24.1. The summed E-state index contributed by atoms with van der Waals surface area (Å²) in [5, 5.41) is 18.8. The van der Waals surface area contributed by atoms with E-state index in [9.17, 15) is 14.6 Å². The van der Waals surface area contributed by atoms with E-state index in [1.54, 1.807) is 11.0 Å². The molecule has 4 N–H and O–H groups in total. The minimum absolute atomic E-state index is 0.00976. The van der Waals surface area contributed by atoms with Crippen molar-refractivity contribution in [1.29, 1.82) is 0 Å². The molecule has 4 nitrogen and oxygen atoms in total. The van der Waals surface area contributed by atoms with Gasteiger partial charge < -0.3 is 20.8 Å².